The molecule has 2 heterocycles. The average molecular weight is 383 g/mol. The second-order valence-electron chi connectivity index (χ2n) is 8.44. The van der Waals surface area contributed by atoms with Crippen molar-refractivity contribution in [2.75, 3.05) is 26.8 Å². The highest BCUT2D eigenvalue weighted by Gasteiger charge is 2.35. The zero-order valence-electron chi connectivity index (χ0n) is 16.8. The van der Waals surface area contributed by atoms with E-state index in [1.165, 1.54) is 11.3 Å². The first-order chi connectivity index (χ1) is 13.6. The molecule has 0 bridgehead atoms. The SMILES string of the molecule is CNC(=O)c1nn(CCc2ccccc2)c2c1C[C@H](NCC1(C)COC1)CC2. The van der Waals surface area contributed by atoms with E-state index in [2.05, 4.69) is 46.5 Å². The molecule has 6 heteroatoms. The molecule has 2 aliphatic rings. The van der Waals surface area contributed by atoms with Crippen molar-refractivity contribution >= 4 is 5.91 Å². The van der Waals surface area contributed by atoms with Gasteiger partial charge in [0.15, 0.2) is 5.69 Å². The van der Waals surface area contributed by atoms with Crippen LogP contribution in [0.2, 0.25) is 0 Å². The fourth-order valence-electron chi connectivity index (χ4n) is 4.17. The predicted octanol–water partition coefficient (Wildman–Crippen LogP) is 1.97. The van der Waals surface area contributed by atoms with E-state index in [1.807, 2.05) is 6.07 Å². The van der Waals surface area contributed by atoms with Gasteiger partial charge in [0.1, 0.15) is 0 Å². The maximum absolute atomic E-state index is 12.4. The first kappa shape index (κ1) is 19.2. The van der Waals surface area contributed by atoms with E-state index in [9.17, 15) is 4.79 Å². The molecule has 0 unspecified atom stereocenters. The van der Waals surface area contributed by atoms with Gasteiger partial charge in [0.25, 0.3) is 5.91 Å². The minimum Gasteiger partial charge on any atom is -0.380 e. The summed E-state index contributed by atoms with van der Waals surface area (Å²) in [5.41, 5.74) is 4.48. The molecule has 1 amide bonds. The summed E-state index contributed by atoms with van der Waals surface area (Å²) in [7, 11) is 1.67. The van der Waals surface area contributed by atoms with Crippen LogP contribution >= 0.6 is 0 Å². The number of aryl methyl sites for hydroxylation is 2. The van der Waals surface area contributed by atoms with E-state index in [1.54, 1.807) is 7.05 Å². The van der Waals surface area contributed by atoms with Crippen LogP contribution in [0.1, 0.15) is 40.7 Å². The van der Waals surface area contributed by atoms with Crippen molar-refractivity contribution in [3.8, 4) is 0 Å². The monoisotopic (exact) mass is 382 g/mol. The van der Waals surface area contributed by atoms with E-state index in [0.717, 1.165) is 57.6 Å². The number of ether oxygens (including phenoxy) is 1. The third-order valence-electron chi connectivity index (χ3n) is 5.96. The Morgan fingerprint density at radius 3 is 2.79 bits per heavy atom. The summed E-state index contributed by atoms with van der Waals surface area (Å²) in [5.74, 6) is -0.0882. The van der Waals surface area contributed by atoms with Crippen molar-refractivity contribution < 1.29 is 9.53 Å². The number of nitrogens with zero attached hydrogens (tertiary/aromatic N) is 2. The van der Waals surface area contributed by atoms with E-state index in [-0.39, 0.29) is 11.3 Å². The molecule has 0 spiro atoms. The Kier molecular flexibility index (Phi) is 5.51. The van der Waals surface area contributed by atoms with E-state index < -0.39 is 0 Å². The number of fused-ring (bicyclic) bond motifs is 1. The van der Waals surface area contributed by atoms with Crippen LogP contribution < -0.4 is 10.6 Å². The van der Waals surface area contributed by atoms with Gasteiger partial charge in [-0.1, -0.05) is 37.3 Å². The Labute approximate surface area is 166 Å². The summed E-state index contributed by atoms with van der Waals surface area (Å²) in [6.07, 6.45) is 3.82. The number of hydrogen-bond donors (Lipinski definition) is 2. The summed E-state index contributed by atoms with van der Waals surface area (Å²) in [6.45, 7) is 5.69. The van der Waals surface area contributed by atoms with Crippen LogP contribution in [0, 0.1) is 5.41 Å². The van der Waals surface area contributed by atoms with Crippen LogP contribution in [0.4, 0.5) is 0 Å². The number of nitrogens with one attached hydrogen (secondary N) is 2. The molecular weight excluding hydrogens is 352 g/mol. The summed E-state index contributed by atoms with van der Waals surface area (Å²) in [4.78, 5) is 12.4. The van der Waals surface area contributed by atoms with Crippen LogP contribution in [0.5, 0.6) is 0 Å². The first-order valence-electron chi connectivity index (χ1n) is 10.2. The molecule has 1 aromatic heterocycles. The maximum Gasteiger partial charge on any atom is 0.271 e. The lowest BCUT2D eigenvalue weighted by Gasteiger charge is -2.39. The van der Waals surface area contributed by atoms with E-state index in [4.69, 9.17) is 9.84 Å². The third kappa shape index (κ3) is 3.98. The Morgan fingerprint density at radius 2 is 2.11 bits per heavy atom. The molecule has 1 aliphatic carbocycles. The lowest BCUT2D eigenvalue weighted by atomic mass is 9.86. The number of amides is 1. The van der Waals surface area contributed by atoms with Gasteiger partial charge in [-0.3, -0.25) is 9.48 Å². The minimum atomic E-state index is -0.0882. The van der Waals surface area contributed by atoms with Gasteiger partial charge in [0, 0.05) is 42.9 Å². The number of aromatic nitrogens is 2. The molecule has 1 aliphatic heterocycles. The fourth-order valence-corrected chi connectivity index (χ4v) is 4.17. The topological polar surface area (TPSA) is 68.2 Å². The molecule has 1 saturated heterocycles. The second kappa shape index (κ2) is 8.05. The van der Waals surface area contributed by atoms with Crippen LogP contribution in [0.15, 0.2) is 30.3 Å². The van der Waals surface area contributed by atoms with E-state index in [0.29, 0.717) is 11.7 Å². The summed E-state index contributed by atoms with van der Waals surface area (Å²) >= 11 is 0. The van der Waals surface area contributed by atoms with Crippen LogP contribution in [0.3, 0.4) is 0 Å². The molecule has 0 saturated carbocycles. The van der Waals surface area contributed by atoms with Crippen molar-refractivity contribution in [3.63, 3.8) is 0 Å². The number of carbonyl (C=O) groups excluding carboxylic acids is 1. The molecule has 2 N–H and O–H groups in total. The summed E-state index contributed by atoms with van der Waals surface area (Å²) < 4.78 is 7.42. The van der Waals surface area contributed by atoms with Gasteiger partial charge < -0.3 is 15.4 Å². The largest absolute Gasteiger partial charge is 0.380 e. The molecule has 150 valence electrons. The summed E-state index contributed by atoms with van der Waals surface area (Å²) in [6, 6.07) is 10.8. The van der Waals surface area contributed by atoms with Crippen molar-refractivity contribution in [1.82, 2.24) is 20.4 Å². The van der Waals surface area contributed by atoms with Gasteiger partial charge >= 0.3 is 0 Å². The Bertz CT molecular complexity index is 827. The van der Waals surface area contributed by atoms with Gasteiger partial charge in [-0.25, -0.2) is 0 Å². The third-order valence-corrected chi connectivity index (χ3v) is 5.96. The Morgan fingerprint density at radius 1 is 1.32 bits per heavy atom. The predicted molar refractivity (Wildman–Crippen MR) is 109 cm³/mol. The average Bonchev–Trinajstić information content (AvgIpc) is 3.07. The maximum atomic E-state index is 12.4. The lowest BCUT2D eigenvalue weighted by Crippen LogP contribution is -2.50. The fraction of sp³-hybridized carbons (Fsp3) is 0.545. The smallest absolute Gasteiger partial charge is 0.271 e. The van der Waals surface area contributed by atoms with Crippen molar-refractivity contribution in [1.29, 1.82) is 0 Å². The van der Waals surface area contributed by atoms with E-state index >= 15 is 0 Å². The lowest BCUT2D eigenvalue weighted by molar-refractivity contribution is -0.100. The number of rotatable bonds is 7. The Hall–Kier alpha value is -2.18. The molecule has 2 aromatic rings. The normalized spacial score (nSPS) is 20.3. The molecule has 28 heavy (non-hydrogen) atoms. The number of benzene rings is 1. The zero-order valence-corrected chi connectivity index (χ0v) is 16.8. The van der Waals surface area contributed by atoms with Crippen LogP contribution in [-0.2, 0) is 30.5 Å². The van der Waals surface area contributed by atoms with Crippen LogP contribution in [0.25, 0.3) is 0 Å². The van der Waals surface area contributed by atoms with Gasteiger partial charge in [0.05, 0.1) is 13.2 Å². The van der Waals surface area contributed by atoms with Crippen molar-refractivity contribution in [2.24, 2.45) is 5.41 Å². The summed E-state index contributed by atoms with van der Waals surface area (Å²) in [5, 5.41) is 11.2. The van der Waals surface area contributed by atoms with Crippen molar-refractivity contribution in [3.05, 3.63) is 52.8 Å². The standard InChI is InChI=1S/C22H30N4O2/c1-22(14-28-15-22)13-24-17-8-9-19-18(12-17)20(21(27)23-2)25-26(19)11-10-16-6-4-3-5-7-16/h3-7,17,24H,8-15H2,1-2H3,(H,23,27)/t17-/m1/s1. The van der Waals surface area contributed by atoms with Gasteiger partial charge in [-0.05, 0) is 31.2 Å². The highest BCUT2D eigenvalue weighted by atomic mass is 16.5. The van der Waals surface area contributed by atoms with Gasteiger partial charge in [-0.15, -0.1) is 0 Å². The molecule has 6 nitrogen and oxygen atoms in total. The molecule has 4 rings (SSSR count). The quantitative estimate of drug-likeness (QED) is 0.768. The first-order valence-corrected chi connectivity index (χ1v) is 10.2. The molecular formula is C22H30N4O2. The highest BCUT2D eigenvalue weighted by molar-refractivity contribution is 5.93. The van der Waals surface area contributed by atoms with Gasteiger partial charge in [0.2, 0.25) is 0 Å². The minimum absolute atomic E-state index is 0.0882. The molecule has 1 atom stereocenters. The zero-order chi connectivity index (χ0) is 19.6. The molecule has 1 fully saturated rings. The van der Waals surface area contributed by atoms with Gasteiger partial charge in [-0.2, -0.15) is 5.10 Å². The Balaban J connectivity index is 1.48. The molecule has 0 radical (unpaired) electrons. The molecule has 1 aromatic carbocycles. The van der Waals surface area contributed by atoms with Crippen LogP contribution in [-0.4, -0.2) is 48.5 Å². The number of hydrogen-bond acceptors (Lipinski definition) is 4. The second-order valence-corrected chi connectivity index (χ2v) is 8.44. The van der Waals surface area contributed by atoms with Crippen molar-refractivity contribution in [2.45, 2.75) is 45.2 Å². The number of carbonyl (C=O) groups is 1. The highest BCUT2D eigenvalue weighted by Crippen LogP contribution is 2.28.